The Hall–Kier alpha value is -0.360. The van der Waals surface area contributed by atoms with Crippen LogP contribution in [0.1, 0.15) is 0 Å². The molecule has 1 aromatic rings. The van der Waals surface area contributed by atoms with Crippen LogP contribution in [-0.4, -0.2) is 30.7 Å². The number of rotatable bonds is 3. The Morgan fingerprint density at radius 1 is 1.07 bits per heavy atom. The zero-order valence-corrected chi connectivity index (χ0v) is 10.9. The first-order valence-corrected chi connectivity index (χ1v) is 9.51. The van der Waals surface area contributed by atoms with E-state index < -0.39 is 19.9 Å². The number of hydrogen-bond acceptors (Lipinski definition) is 3. The van der Waals surface area contributed by atoms with E-state index in [9.17, 15) is 14.2 Å². The lowest BCUT2D eigenvalue weighted by atomic mass is 10.4. The second kappa shape index (κ2) is 4.25. The molecule has 2 atom stereocenters. The predicted octanol–water partition coefficient (Wildman–Crippen LogP) is 2.20. The van der Waals surface area contributed by atoms with Gasteiger partial charge in [0.15, 0.2) is 5.59 Å². The monoisotopic (exact) mass is 246 g/mol. The standard InChI is InChI=1S/C10H16O3P2/c1-14(2,12)10(11)15(3,13)9-7-5-4-6-8-9/h4-8,10-11H,1-3H3. The lowest BCUT2D eigenvalue weighted by Gasteiger charge is -2.23. The topological polar surface area (TPSA) is 54.4 Å². The van der Waals surface area contributed by atoms with E-state index in [-0.39, 0.29) is 0 Å². The van der Waals surface area contributed by atoms with Crippen molar-refractivity contribution in [3.8, 4) is 0 Å². The van der Waals surface area contributed by atoms with Crippen molar-refractivity contribution in [3.63, 3.8) is 0 Å². The third-order valence-electron chi connectivity index (χ3n) is 2.27. The maximum Gasteiger partial charge on any atom is 0.162 e. The highest BCUT2D eigenvalue weighted by Gasteiger charge is 2.36. The largest absolute Gasteiger partial charge is 0.377 e. The van der Waals surface area contributed by atoms with Gasteiger partial charge in [0.05, 0.1) is 0 Å². The minimum absolute atomic E-state index is 0.571. The highest BCUT2D eigenvalue weighted by Crippen LogP contribution is 2.60. The molecule has 0 heterocycles. The summed E-state index contributed by atoms with van der Waals surface area (Å²) in [6.07, 6.45) is 0. The van der Waals surface area contributed by atoms with E-state index >= 15 is 0 Å². The van der Waals surface area contributed by atoms with Gasteiger partial charge in [-0.2, -0.15) is 0 Å². The van der Waals surface area contributed by atoms with E-state index in [1.807, 2.05) is 6.07 Å². The summed E-state index contributed by atoms with van der Waals surface area (Å²) in [6, 6.07) is 8.72. The molecule has 0 radical (unpaired) electrons. The molecule has 0 amide bonds. The Morgan fingerprint density at radius 3 is 1.93 bits per heavy atom. The Kier molecular flexibility index (Phi) is 3.60. The van der Waals surface area contributed by atoms with E-state index in [0.29, 0.717) is 5.30 Å². The molecule has 2 unspecified atom stereocenters. The minimum atomic E-state index is -2.97. The molecule has 0 saturated heterocycles. The van der Waals surface area contributed by atoms with Gasteiger partial charge in [0.25, 0.3) is 0 Å². The average Bonchev–Trinajstić information content (AvgIpc) is 2.16. The van der Waals surface area contributed by atoms with Gasteiger partial charge < -0.3 is 14.2 Å². The summed E-state index contributed by atoms with van der Waals surface area (Å²) in [5.41, 5.74) is -1.24. The summed E-state index contributed by atoms with van der Waals surface area (Å²) in [7, 11) is -5.72. The smallest absolute Gasteiger partial charge is 0.162 e. The van der Waals surface area contributed by atoms with Crippen LogP contribution in [0.5, 0.6) is 0 Å². The van der Waals surface area contributed by atoms with Crippen molar-refractivity contribution in [3.05, 3.63) is 30.3 Å². The van der Waals surface area contributed by atoms with Crippen molar-refractivity contribution in [1.82, 2.24) is 0 Å². The van der Waals surface area contributed by atoms with Gasteiger partial charge in [0.2, 0.25) is 0 Å². The van der Waals surface area contributed by atoms with Crippen LogP contribution < -0.4 is 5.30 Å². The van der Waals surface area contributed by atoms with Crippen LogP contribution >= 0.6 is 14.3 Å². The lowest BCUT2D eigenvalue weighted by molar-refractivity contribution is 0.316. The van der Waals surface area contributed by atoms with Crippen molar-refractivity contribution in [2.45, 2.75) is 5.59 Å². The molecular weight excluding hydrogens is 230 g/mol. The second-order valence-corrected chi connectivity index (χ2v) is 10.9. The molecular formula is C10H16O3P2. The first-order chi connectivity index (χ1) is 6.76. The molecule has 0 aliphatic rings. The van der Waals surface area contributed by atoms with Crippen molar-refractivity contribution >= 4 is 19.6 Å². The summed E-state index contributed by atoms with van der Waals surface area (Å²) < 4.78 is 24.1. The molecule has 1 aromatic carbocycles. The molecule has 15 heavy (non-hydrogen) atoms. The first-order valence-electron chi connectivity index (χ1n) is 4.62. The van der Waals surface area contributed by atoms with Gasteiger partial charge in [-0.05, 0) is 20.0 Å². The molecule has 0 fully saturated rings. The fourth-order valence-electron chi connectivity index (χ4n) is 1.39. The number of aliphatic hydroxyl groups is 1. The van der Waals surface area contributed by atoms with Gasteiger partial charge in [0, 0.05) is 5.30 Å². The minimum Gasteiger partial charge on any atom is -0.377 e. The van der Waals surface area contributed by atoms with E-state index in [4.69, 9.17) is 0 Å². The van der Waals surface area contributed by atoms with Gasteiger partial charge in [-0.3, -0.25) is 0 Å². The van der Waals surface area contributed by atoms with Gasteiger partial charge in [-0.15, -0.1) is 0 Å². The van der Waals surface area contributed by atoms with E-state index in [0.717, 1.165) is 0 Å². The molecule has 5 heteroatoms. The van der Waals surface area contributed by atoms with Crippen LogP contribution in [0.4, 0.5) is 0 Å². The van der Waals surface area contributed by atoms with Gasteiger partial charge in [-0.25, -0.2) is 0 Å². The fourth-order valence-corrected chi connectivity index (χ4v) is 7.06. The van der Waals surface area contributed by atoms with Crippen LogP contribution in [0, 0.1) is 0 Å². The van der Waals surface area contributed by atoms with E-state index in [2.05, 4.69) is 0 Å². The van der Waals surface area contributed by atoms with Crippen molar-refractivity contribution in [2.75, 3.05) is 20.0 Å². The summed E-state index contributed by atoms with van der Waals surface area (Å²) in [4.78, 5) is 0. The summed E-state index contributed by atoms with van der Waals surface area (Å²) in [5.74, 6) is 0. The Bertz CT molecular complexity index is 422. The molecule has 0 aromatic heterocycles. The number of benzene rings is 1. The lowest BCUT2D eigenvalue weighted by Crippen LogP contribution is -2.16. The van der Waals surface area contributed by atoms with Gasteiger partial charge in [0.1, 0.15) is 14.3 Å². The molecule has 3 nitrogen and oxygen atoms in total. The van der Waals surface area contributed by atoms with Crippen molar-refractivity contribution < 1.29 is 14.2 Å². The normalized spacial score (nSPS) is 18.1. The molecule has 0 aliphatic heterocycles. The fraction of sp³-hybridized carbons (Fsp3) is 0.400. The molecule has 0 aliphatic carbocycles. The molecule has 84 valence electrons. The summed E-state index contributed by atoms with van der Waals surface area (Å²) in [6.45, 7) is 4.39. The highest BCUT2D eigenvalue weighted by atomic mass is 31.2. The molecule has 1 N–H and O–H groups in total. The van der Waals surface area contributed by atoms with Crippen molar-refractivity contribution in [1.29, 1.82) is 0 Å². The van der Waals surface area contributed by atoms with E-state index in [1.54, 1.807) is 24.3 Å². The van der Waals surface area contributed by atoms with Crippen LogP contribution in [0.3, 0.4) is 0 Å². The summed E-state index contributed by atoms with van der Waals surface area (Å²) in [5, 5.41) is 10.4. The van der Waals surface area contributed by atoms with Gasteiger partial charge in [-0.1, -0.05) is 30.3 Å². The second-order valence-electron chi connectivity index (χ2n) is 4.11. The zero-order valence-electron chi connectivity index (χ0n) is 9.12. The average molecular weight is 246 g/mol. The van der Waals surface area contributed by atoms with Crippen LogP contribution in [0.15, 0.2) is 30.3 Å². The predicted molar refractivity (Wildman–Crippen MR) is 65.1 cm³/mol. The maximum atomic E-state index is 12.3. The third kappa shape index (κ3) is 2.81. The van der Waals surface area contributed by atoms with Gasteiger partial charge >= 0.3 is 0 Å². The van der Waals surface area contributed by atoms with Crippen molar-refractivity contribution in [2.24, 2.45) is 0 Å². The number of aliphatic hydroxyl groups excluding tert-OH is 1. The Morgan fingerprint density at radius 2 is 1.53 bits per heavy atom. The Labute approximate surface area is 90.3 Å². The SMILES string of the molecule is CP(C)(=O)C(O)P(C)(=O)c1ccccc1. The highest BCUT2D eigenvalue weighted by molar-refractivity contribution is 7.84. The quantitative estimate of drug-likeness (QED) is 0.832. The Balaban J connectivity index is 3.15. The van der Waals surface area contributed by atoms with E-state index in [1.165, 1.54) is 20.0 Å². The zero-order chi connectivity index (χ0) is 11.7. The van der Waals surface area contributed by atoms with Crippen LogP contribution in [0.25, 0.3) is 0 Å². The molecule has 0 spiro atoms. The summed E-state index contributed by atoms with van der Waals surface area (Å²) >= 11 is 0. The number of hydrogen-bond donors (Lipinski definition) is 1. The maximum absolute atomic E-state index is 12.3. The van der Waals surface area contributed by atoms with Crippen LogP contribution in [0.2, 0.25) is 0 Å². The first kappa shape index (κ1) is 12.7. The molecule has 1 rings (SSSR count). The third-order valence-corrected chi connectivity index (χ3v) is 8.57. The van der Waals surface area contributed by atoms with Crippen LogP contribution in [-0.2, 0) is 9.13 Å². The molecule has 0 saturated carbocycles. The molecule has 0 bridgehead atoms.